The summed E-state index contributed by atoms with van der Waals surface area (Å²) in [4.78, 5) is 15.4. The molecule has 2 amide bonds. The molecule has 5 nitrogen and oxygen atoms in total. The topological polar surface area (TPSA) is 74.2 Å². The zero-order valence-electron chi connectivity index (χ0n) is 8.82. The number of amides is 2. The number of aromatic nitrogens is 1. The van der Waals surface area contributed by atoms with E-state index >= 15 is 0 Å². The first-order valence-corrected chi connectivity index (χ1v) is 4.73. The zero-order chi connectivity index (χ0) is 11.3. The second kappa shape index (κ2) is 5.31. The maximum Gasteiger partial charge on any atom is 0.319 e. The molecule has 5 heteroatoms. The predicted molar refractivity (Wildman–Crippen MR) is 57.7 cm³/mol. The van der Waals surface area contributed by atoms with E-state index in [9.17, 15) is 4.79 Å². The van der Waals surface area contributed by atoms with E-state index < -0.39 is 0 Å². The maximum absolute atomic E-state index is 11.3. The number of aliphatic hydroxyl groups excluding tert-OH is 1. The highest BCUT2D eigenvalue weighted by atomic mass is 16.3. The van der Waals surface area contributed by atoms with Crippen molar-refractivity contribution in [3.8, 4) is 0 Å². The largest absolute Gasteiger partial charge is 0.394 e. The standard InChI is InChI=1S/C10H15N3O2/c1-7-5-9(3-4-11-7)13-10(15)12-8(2)6-14/h3-5,8,14H,6H2,1-2H3,(H2,11,12,13,15). The van der Waals surface area contributed by atoms with Crippen LogP contribution in [-0.2, 0) is 0 Å². The van der Waals surface area contributed by atoms with E-state index in [2.05, 4.69) is 15.6 Å². The number of aryl methyl sites for hydroxylation is 1. The minimum Gasteiger partial charge on any atom is -0.394 e. The maximum atomic E-state index is 11.3. The summed E-state index contributed by atoms with van der Waals surface area (Å²) < 4.78 is 0. The molecule has 0 aliphatic rings. The average Bonchev–Trinajstić information content (AvgIpc) is 2.17. The van der Waals surface area contributed by atoms with Crippen LogP contribution in [0.1, 0.15) is 12.6 Å². The van der Waals surface area contributed by atoms with Crippen molar-refractivity contribution in [3.05, 3.63) is 24.0 Å². The third-order valence-corrected chi connectivity index (χ3v) is 1.81. The summed E-state index contributed by atoms with van der Waals surface area (Å²) in [5.74, 6) is 0. The number of aliphatic hydroxyl groups is 1. The van der Waals surface area contributed by atoms with Crippen molar-refractivity contribution >= 4 is 11.7 Å². The number of carbonyl (C=O) groups is 1. The van der Waals surface area contributed by atoms with Gasteiger partial charge in [-0.2, -0.15) is 0 Å². The van der Waals surface area contributed by atoms with Gasteiger partial charge < -0.3 is 15.7 Å². The fourth-order valence-corrected chi connectivity index (χ4v) is 1.06. The third-order valence-electron chi connectivity index (χ3n) is 1.81. The number of carbonyl (C=O) groups excluding carboxylic acids is 1. The first-order valence-electron chi connectivity index (χ1n) is 4.73. The number of rotatable bonds is 3. The Balaban J connectivity index is 2.51. The Morgan fingerprint density at radius 1 is 1.67 bits per heavy atom. The van der Waals surface area contributed by atoms with Gasteiger partial charge in [-0.3, -0.25) is 4.98 Å². The molecule has 0 aliphatic carbocycles. The molecule has 1 unspecified atom stereocenters. The van der Waals surface area contributed by atoms with Gasteiger partial charge in [0.25, 0.3) is 0 Å². The van der Waals surface area contributed by atoms with Crippen molar-refractivity contribution in [1.29, 1.82) is 0 Å². The summed E-state index contributed by atoms with van der Waals surface area (Å²) in [7, 11) is 0. The average molecular weight is 209 g/mol. The van der Waals surface area contributed by atoms with E-state index in [0.29, 0.717) is 5.69 Å². The predicted octanol–water partition coefficient (Wildman–Crippen LogP) is 0.892. The molecule has 82 valence electrons. The summed E-state index contributed by atoms with van der Waals surface area (Å²) in [5, 5.41) is 14.0. The van der Waals surface area contributed by atoms with Gasteiger partial charge in [-0.15, -0.1) is 0 Å². The van der Waals surface area contributed by atoms with Crippen molar-refractivity contribution < 1.29 is 9.90 Å². The monoisotopic (exact) mass is 209 g/mol. The van der Waals surface area contributed by atoms with Gasteiger partial charge in [0.15, 0.2) is 0 Å². The van der Waals surface area contributed by atoms with Crippen molar-refractivity contribution in [3.63, 3.8) is 0 Å². The second-order valence-electron chi connectivity index (χ2n) is 3.37. The lowest BCUT2D eigenvalue weighted by atomic mass is 10.3. The molecule has 3 N–H and O–H groups in total. The quantitative estimate of drug-likeness (QED) is 0.692. The number of pyridine rings is 1. The molecule has 0 saturated heterocycles. The number of nitrogens with one attached hydrogen (secondary N) is 2. The van der Waals surface area contributed by atoms with Gasteiger partial charge in [0.2, 0.25) is 0 Å². The van der Waals surface area contributed by atoms with Crippen LogP contribution in [0.5, 0.6) is 0 Å². The lowest BCUT2D eigenvalue weighted by Crippen LogP contribution is -2.38. The van der Waals surface area contributed by atoms with Crippen LogP contribution in [0.15, 0.2) is 18.3 Å². The van der Waals surface area contributed by atoms with Gasteiger partial charge in [0.1, 0.15) is 0 Å². The van der Waals surface area contributed by atoms with Gasteiger partial charge in [0.05, 0.1) is 12.6 Å². The summed E-state index contributed by atoms with van der Waals surface area (Å²) in [6.45, 7) is 3.49. The van der Waals surface area contributed by atoms with Gasteiger partial charge in [-0.1, -0.05) is 0 Å². The normalized spacial score (nSPS) is 11.9. The highest BCUT2D eigenvalue weighted by Gasteiger charge is 2.05. The highest BCUT2D eigenvalue weighted by Crippen LogP contribution is 2.06. The molecule has 1 atom stereocenters. The SMILES string of the molecule is Cc1cc(NC(=O)NC(C)CO)ccn1. The molecule has 15 heavy (non-hydrogen) atoms. The Kier molecular flexibility index (Phi) is 4.05. The number of urea groups is 1. The summed E-state index contributed by atoms with van der Waals surface area (Å²) in [5.41, 5.74) is 1.52. The minimum absolute atomic E-state index is 0.0806. The zero-order valence-corrected chi connectivity index (χ0v) is 8.82. The molecule has 0 aliphatic heterocycles. The van der Waals surface area contributed by atoms with Crippen molar-refractivity contribution in [2.45, 2.75) is 19.9 Å². The van der Waals surface area contributed by atoms with Crippen molar-refractivity contribution in [1.82, 2.24) is 10.3 Å². The minimum atomic E-state index is -0.331. The molecule has 0 saturated carbocycles. The van der Waals surface area contributed by atoms with E-state index in [4.69, 9.17) is 5.11 Å². The van der Waals surface area contributed by atoms with E-state index in [1.54, 1.807) is 25.3 Å². The van der Waals surface area contributed by atoms with Gasteiger partial charge >= 0.3 is 6.03 Å². The molecule has 1 aromatic heterocycles. The van der Waals surface area contributed by atoms with Crippen LogP contribution in [0.3, 0.4) is 0 Å². The van der Waals surface area contributed by atoms with E-state index in [1.807, 2.05) is 6.92 Å². The van der Waals surface area contributed by atoms with Crippen molar-refractivity contribution in [2.75, 3.05) is 11.9 Å². The Labute approximate surface area is 88.5 Å². The smallest absolute Gasteiger partial charge is 0.319 e. The molecule has 0 radical (unpaired) electrons. The second-order valence-corrected chi connectivity index (χ2v) is 3.37. The molecule has 0 bridgehead atoms. The lowest BCUT2D eigenvalue weighted by Gasteiger charge is -2.11. The fourth-order valence-electron chi connectivity index (χ4n) is 1.06. The third kappa shape index (κ3) is 3.95. The Morgan fingerprint density at radius 3 is 3.00 bits per heavy atom. The number of hydrogen-bond donors (Lipinski definition) is 3. The Bertz CT molecular complexity index is 341. The molecular weight excluding hydrogens is 194 g/mol. The first-order chi connectivity index (χ1) is 7.11. The van der Waals surface area contributed by atoms with Crippen LogP contribution in [0.2, 0.25) is 0 Å². The van der Waals surface area contributed by atoms with E-state index in [-0.39, 0.29) is 18.7 Å². The Morgan fingerprint density at radius 2 is 2.40 bits per heavy atom. The molecule has 1 aromatic rings. The van der Waals surface area contributed by atoms with Gasteiger partial charge in [-0.25, -0.2) is 4.79 Å². The number of anilines is 1. The summed E-state index contributed by atoms with van der Waals surface area (Å²) in [6.07, 6.45) is 1.63. The van der Waals surface area contributed by atoms with Crippen LogP contribution < -0.4 is 10.6 Å². The Hall–Kier alpha value is -1.62. The summed E-state index contributed by atoms with van der Waals surface area (Å²) in [6, 6.07) is 2.88. The first kappa shape index (κ1) is 11.5. The summed E-state index contributed by atoms with van der Waals surface area (Å²) >= 11 is 0. The van der Waals surface area contributed by atoms with E-state index in [1.165, 1.54) is 0 Å². The van der Waals surface area contributed by atoms with Gasteiger partial charge in [-0.05, 0) is 26.0 Å². The molecule has 0 fully saturated rings. The van der Waals surface area contributed by atoms with E-state index in [0.717, 1.165) is 5.69 Å². The lowest BCUT2D eigenvalue weighted by molar-refractivity contribution is 0.229. The number of nitrogens with zero attached hydrogens (tertiary/aromatic N) is 1. The molecule has 0 aromatic carbocycles. The van der Waals surface area contributed by atoms with Crippen LogP contribution in [0.25, 0.3) is 0 Å². The molecule has 1 rings (SSSR count). The molecule has 1 heterocycles. The number of hydrogen-bond acceptors (Lipinski definition) is 3. The van der Waals surface area contributed by atoms with Gasteiger partial charge in [0, 0.05) is 17.6 Å². The molecular formula is C10H15N3O2. The molecule has 0 spiro atoms. The van der Waals surface area contributed by atoms with Crippen LogP contribution >= 0.6 is 0 Å². The highest BCUT2D eigenvalue weighted by molar-refractivity contribution is 5.89. The van der Waals surface area contributed by atoms with Crippen LogP contribution in [-0.4, -0.2) is 28.8 Å². The van der Waals surface area contributed by atoms with Crippen molar-refractivity contribution in [2.24, 2.45) is 0 Å². The van der Waals surface area contributed by atoms with Crippen LogP contribution in [0.4, 0.5) is 10.5 Å². The fraction of sp³-hybridized carbons (Fsp3) is 0.400. The van der Waals surface area contributed by atoms with Crippen LogP contribution in [0, 0.1) is 6.92 Å².